The van der Waals surface area contributed by atoms with E-state index >= 15 is 0 Å². The Morgan fingerprint density at radius 2 is 0.635 bits per heavy atom. The van der Waals surface area contributed by atoms with Gasteiger partial charge in [-0.25, -0.2) is 0 Å². The smallest absolute Gasteiger partial charge is 0.252 e. The molecule has 18 aromatic rings. The average molecular weight is 1500 g/mol. The molecule has 0 aliphatic carbocycles. The normalized spacial score (nSPS) is 14.6. The largest absolute Gasteiger partial charge is 0.452 e. The van der Waals surface area contributed by atoms with Gasteiger partial charge in [-0.05, 0) is 215 Å². The molecule has 14 aromatic carbocycles. The van der Waals surface area contributed by atoms with E-state index < -0.39 is 48.4 Å². The zero-order valence-corrected chi connectivity index (χ0v) is 69.2. The van der Waals surface area contributed by atoms with Crippen LogP contribution in [0, 0.1) is 0 Å². The highest BCUT2D eigenvalue weighted by molar-refractivity contribution is 7.00. The molecule has 0 saturated carbocycles. The van der Waals surface area contributed by atoms with E-state index in [9.17, 15) is 8.22 Å². The van der Waals surface area contributed by atoms with Crippen molar-refractivity contribution in [1.29, 1.82) is 0 Å². The first-order chi connectivity index (χ1) is 58.2. The second-order valence-electron chi connectivity index (χ2n) is 38.5. The van der Waals surface area contributed by atoms with E-state index in [0.29, 0.717) is 16.9 Å². The molecule has 0 amide bonds. The molecule has 115 heavy (non-hydrogen) atoms. The van der Waals surface area contributed by atoms with Crippen LogP contribution < -0.4 is 26.2 Å². The number of furan rings is 1. The summed E-state index contributed by atoms with van der Waals surface area (Å²) >= 11 is 0. The van der Waals surface area contributed by atoms with Gasteiger partial charge in [0.05, 0.1) is 61.1 Å². The molecule has 0 spiro atoms. The lowest BCUT2D eigenvalue weighted by Crippen LogP contribution is -2.61. The van der Waals surface area contributed by atoms with Gasteiger partial charge in [0.1, 0.15) is 0 Å². The Bertz CT molecular complexity index is 7330. The highest BCUT2D eigenvalue weighted by Gasteiger charge is 2.47. The van der Waals surface area contributed by atoms with E-state index in [1.807, 2.05) is 6.07 Å². The first-order valence-corrected chi connectivity index (χ1v) is 40.7. The molecule has 4 aromatic heterocycles. The maximum absolute atomic E-state index is 9.92. The molecule has 566 valence electrons. The number of benzene rings is 14. The molecule has 0 atom stereocenters. The van der Waals surface area contributed by atoms with Crippen LogP contribution in [0.2, 0.25) is 0 Å². The number of hydrogen-bond donors (Lipinski definition) is 0. The second-order valence-corrected chi connectivity index (χ2v) is 38.5. The number of hydrogen-bond acceptors (Lipinski definition) is 3. The number of fused-ring (bicyclic) bond motifs is 16. The molecule has 7 heteroatoms. The first kappa shape index (κ1) is 63.4. The van der Waals surface area contributed by atoms with Crippen molar-refractivity contribution in [2.45, 2.75) is 157 Å². The fourth-order valence-electron chi connectivity index (χ4n) is 18.4. The number of aromatic nitrogens is 3. The molecule has 20 rings (SSSR count). The topological polar surface area (TPSA) is 34.4 Å². The van der Waals surface area contributed by atoms with E-state index in [-0.39, 0.29) is 61.0 Å². The van der Waals surface area contributed by atoms with Crippen molar-refractivity contribution in [1.82, 2.24) is 13.7 Å². The van der Waals surface area contributed by atoms with Crippen LogP contribution in [0.25, 0.3) is 127 Å². The fourth-order valence-corrected chi connectivity index (χ4v) is 18.4. The Morgan fingerprint density at radius 3 is 1.06 bits per heavy atom. The molecule has 2 aliphatic heterocycles. The maximum Gasteiger partial charge on any atom is 0.252 e. The number of para-hydroxylation sites is 4. The Hall–Kier alpha value is -12.1. The molecule has 0 radical (unpaired) electrons. The van der Waals surface area contributed by atoms with Crippen LogP contribution in [0.3, 0.4) is 0 Å². The summed E-state index contributed by atoms with van der Waals surface area (Å²) in [6.45, 7) is 40.6. The third kappa shape index (κ3) is 11.3. The van der Waals surface area contributed by atoms with Crippen LogP contribution in [0.15, 0.2) is 283 Å². The molecule has 0 N–H and O–H groups in total. The minimum Gasteiger partial charge on any atom is -0.452 e. The van der Waals surface area contributed by atoms with E-state index in [2.05, 4.69) is 368 Å². The van der Waals surface area contributed by atoms with Gasteiger partial charge in [0, 0.05) is 88.3 Å². The fraction of sp³-hybridized carbons (Fsp3) is 0.222. The maximum atomic E-state index is 9.92. The summed E-state index contributed by atoms with van der Waals surface area (Å²) in [5, 5.41) is 6.48. The summed E-state index contributed by atoms with van der Waals surface area (Å²) in [7, 11) is 0. The molecular formula is C108H100BN5O. The Labute approximate surface area is 688 Å². The standard InChI is InChI=1S/C108H100BN5O/c1-103(2,3)67-43-51-89-81(55-67)82-56-68(104(4,5)6)44-52-90(82)111(89)74-48-50-86-96(64-74)114(100-79(65-31-21-19-22-32-65)59-71(107(13,14)15)60-80(100)66-33-23-20-24-34-66)98-62-72(108(16,17)18)61-97-99(98)109(86)85-49-47-73(110-87-39-27-25-35-75(87)76-36-26-28-40-88(76)110)63-95(85)113(97)94-42-30-38-78-77-37-29-41-93(101(77)115-102(78)94)112-91-53-45-69(105(7,8)9)57-83(91)84-58-70(106(10,11)12)46-54-92(84)112/h19-64H,1-18H3/i25D,26D,27D,28D,35D,36D,39D,40D. The van der Waals surface area contributed by atoms with Crippen LogP contribution in [0.4, 0.5) is 34.1 Å². The van der Waals surface area contributed by atoms with Gasteiger partial charge in [-0.1, -0.05) is 282 Å². The average Bonchev–Trinajstić information content (AvgIpc) is 1.68. The van der Waals surface area contributed by atoms with Gasteiger partial charge in [0.25, 0.3) is 6.71 Å². The van der Waals surface area contributed by atoms with Crippen LogP contribution in [0.1, 0.15) is 169 Å². The predicted molar refractivity (Wildman–Crippen MR) is 494 cm³/mol. The highest BCUT2D eigenvalue weighted by Crippen LogP contribution is 2.55. The molecule has 0 fully saturated rings. The summed E-state index contributed by atoms with van der Waals surface area (Å²) in [6.07, 6.45) is 0. The van der Waals surface area contributed by atoms with E-state index in [1.54, 1.807) is 4.57 Å². The summed E-state index contributed by atoms with van der Waals surface area (Å²) in [5.74, 6) is 0. The van der Waals surface area contributed by atoms with Crippen molar-refractivity contribution in [2.24, 2.45) is 0 Å². The molecule has 0 bridgehead atoms. The lowest BCUT2D eigenvalue weighted by molar-refractivity contribution is 0.590. The van der Waals surface area contributed by atoms with E-state index in [4.69, 9.17) is 7.16 Å². The summed E-state index contributed by atoms with van der Waals surface area (Å²) in [4.78, 5) is 4.97. The predicted octanol–water partition coefficient (Wildman–Crippen LogP) is 28.1. The Kier molecular flexibility index (Phi) is 13.9. The van der Waals surface area contributed by atoms with Gasteiger partial charge in [-0.3, -0.25) is 0 Å². The van der Waals surface area contributed by atoms with Crippen LogP contribution in [0.5, 0.6) is 0 Å². The third-order valence-electron chi connectivity index (χ3n) is 24.8. The highest BCUT2D eigenvalue weighted by atomic mass is 16.3. The molecule has 6 heterocycles. The summed E-state index contributed by atoms with van der Waals surface area (Å²) in [5.41, 5.74) is 26.3. The summed E-state index contributed by atoms with van der Waals surface area (Å²) < 4.78 is 90.6. The lowest BCUT2D eigenvalue weighted by Gasteiger charge is -2.46. The van der Waals surface area contributed by atoms with Gasteiger partial charge >= 0.3 is 0 Å². The van der Waals surface area contributed by atoms with Crippen molar-refractivity contribution >= 4 is 145 Å². The van der Waals surface area contributed by atoms with Crippen molar-refractivity contribution in [3.05, 3.63) is 312 Å². The van der Waals surface area contributed by atoms with Gasteiger partial charge in [0.2, 0.25) is 0 Å². The minimum absolute atomic E-state index is 0.00248. The molecule has 0 unspecified atom stereocenters. The number of nitrogens with zero attached hydrogens (tertiary/aromatic N) is 5. The van der Waals surface area contributed by atoms with Gasteiger partial charge < -0.3 is 27.9 Å². The molecule has 2 aliphatic rings. The van der Waals surface area contributed by atoms with Gasteiger partial charge in [0.15, 0.2) is 11.2 Å². The van der Waals surface area contributed by atoms with E-state index in [0.717, 1.165) is 133 Å². The lowest BCUT2D eigenvalue weighted by atomic mass is 9.33. The zero-order chi connectivity index (χ0) is 86.6. The SMILES string of the molecule is [2H]c1c([2H])c([2H])c2c(c1[2H])c1c([2H])c([2H])c([2H])c([2H])c1n2-c1ccc2c(c1)N(c1cccc3c1oc1c(-n4c5ccc(C(C)(C)C)cc5c5cc(C(C)(C)C)ccc54)cccc13)c1cc(C(C)(C)C)cc3c1B2c1ccc(-n2c4ccc(C(C)(C)C)cc4c4cc(C(C)(C)C)ccc42)cc1N3c1c(-c2ccccc2)cc(C(C)(C)C)cc1-c1ccccc1. The van der Waals surface area contributed by atoms with Crippen molar-refractivity contribution in [3.8, 4) is 39.3 Å². The second kappa shape index (κ2) is 25.2. The van der Waals surface area contributed by atoms with Gasteiger partial charge in [-0.2, -0.15) is 0 Å². The number of rotatable bonds is 7. The van der Waals surface area contributed by atoms with Crippen molar-refractivity contribution in [3.63, 3.8) is 0 Å². The van der Waals surface area contributed by atoms with Crippen molar-refractivity contribution < 1.29 is 15.4 Å². The first-order valence-electron chi connectivity index (χ1n) is 44.7. The number of anilines is 6. The third-order valence-corrected chi connectivity index (χ3v) is 24.8. The van der Waals surface area contributed by atoms with Crippen molar-refractivity contribution in [2.75, 3.05) is 9.80 Å². The zero-order valence-electron chi connectivity index (χ0n) is 77.2. The van der Waals surface area contributed by atoms with E-state index in [1.165, 1.54) is 38.6 Å². The minimum atomic E-state index is -0.525. The molecular weight excluding hydrogens is 1390 g/mol. The molecule has 0 saturated heterocycles. The van der Waals surface area contributed by atoms with Crippen LogP contribution >= 0.6 is 0 Å². The van der Waals surface area contributed by atoms with Crippen LogP contribution in [-0.4, -0.2) is 20.4 Å². The summed E-state index contributed by atoms with van der Waals surface area (Å²) in [6, 6.07) is 82.1. The quantitative estimate of drug-likeness (QED) is 0.149. The Balaban J connectivity index is 0.946. The van der Waals surface area contributed by atoms with Crippen LogP contribution in [-0.2, 0) is 32.5 Å². The van der Waals surface area contributed by atoms with Gasteiger partial charge in [-0.15, -0.1) is 0 Å². The molecule has 6 nitrogen and oxygen atoms in total. The Morgan fingerprint density at radius 1 is 0.270 bits per heavy atom. The monoisotopic (exact) mass is 1500 g/mol.